The predicted octanol–water partition coefficient (Wildman–Crippen LogP) is 5.89. The lowest BCUT2D eigenvalue weighted by Crippen LogP contribution is -2.11. The zero-order valence-electron chi connectivity index (χ0n) is 12.2. The fourth-order valence-corrected chi connectivity index (χ4v) is 4.38. The van der Waals surface area contributed by atoms with Crippen LogP contribution in [0.5, 0.6) is 0 Å². The van der Waals surface area contributed by atoms with Crippen molar-refractivity contribution in [3.8, 4) is 10.6 Å². The highest BCUT2D eigenvalue weighted by Crippen LogP contribution is 2.33. The Kier molecular flexibility index (Phi) is 5.38. The Morgan fingerprint density at radius 2 is 2.04 bits per heavy atom. The van der Waals surface area contributed by atoms with Gasteiger partial charge >= 0.3 is 0 Å². The van der Waals surface area contributed by atoms with Gasteiger partial charge in [0.2, 0.25) is 0 Å². The van der Waals surface area contributed by atoms with Crippen LogP contribution in [0.2, 0.25) is 4.34 Å². The maximum Gasteiger partial charge on any atom is 0.257 e. The van der Waals surface area contributed by atoms with E-state index >= 15 is 0 Å². The van der Waals surface area contributed by atoms with Crippen LogP contribution in [0.25, 0.3) is 10.6 Å². The second kappa shape index (κ2) is 7.49. The second-order valence-corrected chi connectivity index (χ2v) is 8.46. The van der Waals surface area contributed by atoms with Crippen LogP contribution in [0.3, 0.4) is 0 Å². The van der Waals surface area contributed by atoms with E-state index in [0.29, 0.717) is 10.7 Å². The van der Waals surface area contributed by atoms with Gasteiger partial charge in [0.25, 0.3) is 5.91 Å². The highest BCUT2D eigenvalue weighted by molar-refractivity contribution is 7.99. The van der Waals surface area contributed by atoms with Crippen LogP contribution in [-0.4, -0.2) is 16.6 Å². The first-order valence-electron chi connectivity index (χ1n) is 6.91. The maximum absolute atomic E-state index is 12.3. The number of carbonyl (C=O) groups excluding carboxylic acids is 1. The molecule has 23 heavy (non-hydrogen) atoms. The molecule has 3 aromatic rings. The summed E-state index contributed by atoms with van der Waals surface area (Å²) in [5.41, 5.74) is 1.46. The van der Waals surface area contributed by atoms with Crippen LogP contribution >= 0.6 is 46.0 Å². The minimum atomic E-state index is -0.150. The van der Waals surface area contributed by atoms with E-state index in [1.807, 2.05) is 41.8 Å². The molecule has 0 spiro atoms. The Balaban J connectivity index is 1.69. The molecular weight excluding hydrogens is 368 g/mol. The number of aromatic nitrogens is 1. The normalized spacial score (nSPS) is 10.7. The third-order valence-electron chi connectivity index (χ3n) is 2.98. The lowest BCUT2D eigenvalue weighted by molar-refractivity contribution is 0.102. The smallest absolute Gasteiger partial charge is 0.257 e. The molecule has 2 heterocycles. The first-order valence-corrected chi connectivity index (χ1v) is 9.97. The van der Waals surface area contributed by atoms with Gasteiger partial charge < -0.3 is 0 Å². The minimum Gasteiger partial charge on any atom is -0.298 e. The van der Waals surface area contributed by atoms with Crippen LogP contribution < -0.4 is 5.32 Å². The summed E-state index contributed by atoms with van der Waals surface area (Å²) in [6.45, 7) is 2.10. The molecule has 1 amide bonds. The number of amides is 1. The molecule has 0 radical (unpaired) electrons. The molecule has 0 saturated heterocycles. The molecule has 1 N–H and O–H groups in total. The summed E-state index contributed by atoms with van der Waals surface area (Å²) in [7, 11) is 0. The first-order chi connectivity index (χ1) is 11.2. The van der Waals surface area contributed by atoms with Crippen molar-refractivity contribution in [3.63, 3.8) is 0 Å². The van der Waals surface area contributed by atoms with E-state index in [9.17, 15) is 4.79 Å². The average molecular weight is 381 g/mol. The maximum atomic E-state index is 12.3. The standard InChI is InChI=1S/C16H13ClN2OS3/c1-2-21-11-5-3-10(4-6-11)15(20)19-16-18-12(9-22-16)13-7-8-14(17)23-13/h3-9H,2H2,1H3,(H,18,19,20). The van der Waals surface area contributed by atoms with Gasteiger partial charge in [0.1, 0.15) is 0 Å². The summed E-state index contributed by atoms with van der Waals surface area (Å²) in [4.78, 5) is 18.9. The van der Waals surface area contributed by atoms with E-state index in [0.717, 1.165) is 25.6 Å². The monoisotopic (exact) mass is 380 g/mol. The molecule has 0 aliphatic heterocycles. The predicted molar refractivity (Wildman–Crippen MR) is 101 cm³/mol. The molecule has 0 unspecified atom stereocenters. The fraction of sp³-hybridized carbons (Fsp3) is 0.125. The molecule has 0 atom stereocenters. The van der Waals surface area contributed by atoms with Crippen LogP contribution in [-0.2, 0) is 0 Å². The molecule has 0 saturated carbocycles. The van der Waals surface area contributed by atoms with Crippen molar-refractivity contribution in [1.29, 1.82) is 0 Å². The summed E-state index contributed by atoms with van der Waals surface area (Å²) in [5.74, 6) is 0.864. The van der Waals surface area contributed by atoms with Crippen molar-refractivity contribution < 1.29 is 4.79 Å². The Morgan fingerprint density at radius 3 is 2.70 bits per heavy atom. The van der Waals surface area contributed by atoms with E-state index in [2.05, 4.69) is 17.2 Å². The molecule has 1 aromatic carbocycles. The number of nitrogens with zero attached hydrogens (tertiary/aromatic N) is 1. The van der Waals surface area contributed by atoms with E-state index < -0.39 is 0 Å². The second-order valence-electron chi connectivity index (χ2n) is 4.55. The van der Waals surface area contributed by atoms with E-state index in [1.54, 1.807) is 11.8 Å². The molecule has 0 aliphatic rings. The number of rotatable bonds is 5. The molecular formula is C16H13ClN2OS3. The van der Waals surface area contributed by atoms with Crippen molar-refractivity contribution in [2.24, 2.45) is 0 Å². The van der Waals surface area contributed by atoms with Crippen molar-refractivity contribution in [1.82, 2.24) is 4.98 Å². The van der Waals surface area contributed by atoms with Gasteiger partial charge in [-0.2, -0.15) is 0 Å². The average Bonchev–Trinajstić information content (AvgIpc) is 3.17. The van der Waals surface area contributed by atoms with Crippen LogP contribution in [0.1, 0.15) is 17.3 Å². The van der Waals surface area contributed by atoms with Gasteiger partial charge in [-0.1, -0.05) is 18.5 Å². The zero-order valence-corrected chi connectivity index (χ0v) is 15.4. The Morgan fingerprint density at radius 1 is 1.26 bits per heavy atom. The minimum absolute atomic E-state index is 0.150. The van der Waals surface area contributed by atoms with Crippen molar-refractivity contribution >= 4 is 57.1 Å². The number of anilines is 1. The van der Waals surface area contributed by atoms with E-state index in [4.69, 9.17) is 11.6 Å². The highest BCUT2D eigenvalue weighted by atomic mass is 35.5. The topological polar surface area (TPSA) is 42.0 Å². The summed E-state index contributed by atoms with van der Waals surface area (Å²) in [6.07, 6.45) is 0. The summed E-state index contributed by atoms with van der Waals surface area (Å²) in [6, 6.07) is 11.4. The molecule has 7 heteroatoms. The summed E-state index contributed by atoms with van der Waals surface area (Å²) < 4.78 is 0.726. The third kappa shape index (κ3) is 4.14. The van der Waals surface area contributed by atoms with Crippen LogP contribution in [0.4, 0.5) is 5.13 Å². The van der Waals surface area contributed by atoms with Gasteiger partial charge in [0, 0.05) is 15.8 Å². The lowest BCUT2D eigenvalue weighted by Gasteiger charge is -2.03. The highest BCUT2D eigenvalue weighted by Gasteiger charge is 2.11. The Bertz CT molecular complexity index is 811. The number of thioether (sulfide) groups is 1. The third-order valence-corrected chi connectivity index (χ3v) is 5.88. The molecule has 118 valence electrons. The summed E-state index contributed by atoms with van der Waals surface area (Å²) >= 11 is 10.6. The first kappa shape index (κ1) is 16.5. The number of hydrogen-bond donors (Lipinski definition) is 1. The number of thiazole rings is 1. The van der Waals surface area contributed by atoms with Gasteiger partial charge in [-0.25, -0.2) is 4.98 Å². The van der Waals surface area contributed by atoms with Crippen molar-refractivity contribution in [2.45, 2.75) is 11.8 Å². The lowest BCUT2D eigenvalue weighted by atomic mass is 10.2. The van der Waals surface area contributed by atoms with Gasteiger partial charge in [-0.05, 0) is 42.2 Å². The molecule has 0 bridgehead atoms. The molecule has 3 rings (SSSR count). The van der Waals surface area contributed by atoms with Gasteiger partial charge in [0.05, 0.1) is 14.9 Å². The zero-order chi connectivity index (χ0) is 16.2. The number of nitrogens with one attached hydrogen (secondary N) is 1. The quantitative estimate of drug-likeness (QED) is 0.561. The molecule has 3 nitrogen and oxygen atoms in total. The number of carbonyl (C=O) groups is 1. The van der Waals surface area contributed by atoms with Crippen LogP contribution in [0.15, 0.2) is 46.7 Å². The van der Waals surface area contributed by atoms with Crippen molar-refractivity contribution in [2.75, 3.05) is 11.1 Å². The number of hydrogen-bond acceptors (Lipinski definition) is 5. The van der Waals surface area contributed by atoms with Crippen LogP contribution in [0, 0.1) is 0 Å². The fourth-order valence-electron chi connectivity index (χ4n) is 1.93. The largest absolute Gasteiger partial charge is 0.298 e. The van der Waals surface area contributed by atoms with Gasteiger partial charge in [-0.15, -0.1) is 34.4 Å². The Labute approximate surface area is 151 Å². The molecule has 2 aromatic heterocycles. The van der Waals surface area contributed by atoms with Gasteiger partial charge in [0.15, 0.2) is 5.13 Å². The number of halogens is 1. The summed E-state index contributed by atoms with van der Waals surface area (Å²) in [5, 5.41) is 5.34. The van der Waals surface area contributed by atoms with E-state index in [1.165, 1.54) is 22.7 Å². The van der Waals surface area contributed by atoms with Gasteiger partial charge in [-0.3, -0.25) is 10.1 Å². The van der Waals surface area contributed by atoms with Crippen molar-refractivity contribution in [3.05, 3.63) is 51.7 Å². The van der Waals surface area contributed by atoms with E-state index in [-0.39, 0.29) is 5.91 Å². The molecule has 0 aliphatic carbocycles. The Hall–Kier alpha value is -1.34. The number of benzene rings is 1. The SMILES string of the molecule is CCSc1ccc(C(=O)Nc2nc(-c3ccc(Cl)s3)cs2)cc1. The molecule has 0 fully saturated rings. The number of thiophene rings is 1.